The highest BCUT2D eigenvalue weighted by Crippen LogP contribution is 2.40. The summed E-state index contributed by atoms with van der Waals surface area (Å²) in [5.41, 5.74) is 1.54. The fourth-order valence-electron chi connectivity index (χ4n) is 1.97. The second kappa shape index (κ2) is 2.53. The quantitative estimate of drug-likeness (QED) is 0.420. The van der Waals surface area contributed by atoms with Gasteiger partial charge in [0.15, 0.2) is 11.6 Å². The van der Waals surface area contributed by atoms with E-state index in [9.17, 15) is 9.59 Å². The number of hydrogen-bond donors (Lipinski definition) is 0. The van der Waals surface area contributed by atoms with Gasteiger partial charge in [0.25, 0.3) is 0 Å². The maximum absolute atomic E-state index is 11.6. The molecular formula is C11H14O2. The summed E-state index contributed by atoms with van der Waals surface area (Å²) in [6.45, 7) is 3.97. The second-order valence-electron chi connectivity index (χ2n) is 4.84. The Bertz CT molecular complexity index is 293. The molecular weight excluding hydrogens is 164 g/mol. The van der Waals surface area contributed by atoms with Gasteiger partial charge < -0.3 is 0 Å². The van der Waals surface area contributed by atoms with Crippen LogP contribution in [0.3, 0.4) is 0 Å². The maximum Gasteiger partial charge on any atom is 0.166 e. The molecule has 2 fully saturated rings. The number of carbonyl (C=O) groups is 2. The summed E-state index contributed by atoms with van der Waals surface area (Å²) >= 11 is 0. The third-order valence-electron chi connectivity index (χ3n) is 2.69. The second-order valence-corrected chi connectivity index (χ2v) is 4.84. The first-order valence-corrected chi connectivity index (χ1v) is 4.78. The first-order chi connectivity index (χ1) is 5.99. The van der Waals surface area contributed by atoms with Gasteiger partial charge in [-0.25, -0.2) is 0 Å². The lowest BCUT2D eigenvalue weighted by molar-refractivity contribution is -0.127. The zero-order chi connectivity index (χ0) is 9.64. The Morgan fingerprint density at radius 2 is 1.46 bits per heavy atom. The molecule has 0 bridgehead atoms. The molecule has 0 aromatic carbocycles. The largest absolute Gasteiger partial charge is 0.294 e. The van der Waals surface area contributed by atoms with Crippen LogP contribution in [-0.2, 0) is 9.59 Å². The van der Waals surface area contributed by atoms with Crippen LogP contribution in [-0.4, -0.2) is 11.6 Å². The molecule has 0 saturated heterocycles. The smallest absolute Gasteiger partial charge is 0.166 e. The van der Waals surface area contributed by atoms with Crippen molar-refractivity contribution in [1.82, 2.24) is 0 Å². The third-order valence-corrected chi connectivity index (χ3v) is 2.69. The van der Waals surface area contributed by atoms with Gasteiger partial charge in [-0.3, -0.25) is 9.59 Å². The highest BCUT2D eigenvalue weighted by molar-refractivity contribution is 6.23. The van der Waals surface area contributed by atoms with Crippen LogP contribution in [0.25, 0.3) is 0 Å². The van der Waals surface area contributed by atoms with Crippen molar-refractivity contribution in [3.63, 3.8) is 0 Å². The zero-order valence-corrected chi connectivity index (χ0v) is 8.14. The summed E-state index contributed by atoms with van der Waals surface area (Å²) in [7, 11) is 0. The standard InChI is InChI=1S/C11H14O2/c1-11(2)5-8(12)10(7-3-4-7)9(13)6-11/h3-6H2,1-2H3. The van der Waals surface area contributed by atoms with Gasteiger partial charge in [0.2, 0.25) is 0 Å². The Morgan fingerprint density at radius 3 is 1.85 bits per heavy atom. The van der Waals surface area contributed by atoms with Crippen LogP contribution in [0.4, 0.5) is 0 Å². The SMILES string of the molecule is CC1(C)CC(=O)C(=C2CC2)C(=O)C1. The molecule has 2 nitrogen and oxygen atoms in total. The molecule has 0 unspecified atom stereocenters. The molecule has 2 rings (SSSR count). The van der Waals surface area contributed by atoms with E-state index < -0.39 is 0 Å². The van der Waals surface area contributed by atoms with Crippen LogP contribution in [0, 0.1) is 5.41 Å². The van der Waals surface area contributed by atoms with Crippen molar-refractivity contribution in [3.8, 4) is 0 Å². The summed E-state index contributed by atoms with van der Waals surface area (Å²) in [4.78, 5) is 23.2. The first-order valence-electron chi connectivity index (χ1n) is 4.78. The Balaban J connectivity index is 2.31. The minimum absolute atomic E-state index is 0.0775. The number of ketones is 2. The van der Waals surface area contributed by atoms with E-state index in [4.69, 9.17) is 0 Å². The molecule has 2 heteroatoms. The topological polar surface area (TPSA) is 34.1 Å². The van der Waals surface area contributed by atoms with E-state index in [0.717, 1.165) is 18.4 Å². The fourth-order valence-corrected chi connectivity index (χ4v) is 1.97. The molecule has 0 aromatic heterocycles. The van der Waals surface area contributed by atoms with Crippen LogP contribution in [0.1, 0.15) is 39.5 Å². The molecule has 0 heterocycles. The van der Waals surface area contributed by atoms with E-state index in [0.29, 0.717) is 18.4 Å². The van der Waals surface area contributed by atoms with Gasteiger partial charge in [0.05, 0.1) is 5.57 Å². The molecule has 0 atom stereocenters. The number of allylic oxidation sites excluding steroid dienone is 2. The number of Topliss-reactive ketones (excluding diaryl/α,β-unsaturated/α-hetero) is 2. The van der Waals surface area contributed by atoms with Gasteiger partial charge in [-0.2, -0.15) is 0 Å². The lowest BCUT2D eigenvalue weighted by Crippen LogP contribution is -2.31. The Hall–Kier alpha value is -0.920. The average Bonchev–Trinajstić information content (AvgIpc) is 2.65. The summed E-state index contributed by atoms with van der Waals surface area (Å²) in [6.07, 6.45) is 3.01. The van der Waals surface area contributed by atoms with Crippen molar-refractivity contribution in [2.45, 2.75) is 39.5 Å². The first kappa shape index (κ1) is 8.67. The summed E-state index contributed by atoms with van der Waals surface area (Å²) < 4.78 is 0. The van der Waals surface area contributed by atoms with Crippen LogP contribution < -0.4 is 0 Å². The Morgan fingerprint density at radius 1 is 1.00 bits per heavy atom. The zero-order valence-electron chi connectivity index (χ0n) is 8.14. The van der Waals surface area contributed by atoms with E-state index in [2.05, 4.69) is 0 Å². The summed E-state index contributed by atoms with van der Waals surface area (Å²) in [5, 5.41) is 0. The van der Waals surface area contributed by atoms with E-state index in [1.165, 1.54) is 0 Å². The Labute approximate surface area is 78.0 Å². The highest BCUT2D eigenvalue weighted by Gasteiger charge is 2.38. The number of hydrogen-bond acceptors (Lipinski definition) is 2. The van der Waals surface area contributed by atoms with Crippen LogP contribution in [0.2, 0.25) is 0 Å². The molecule has 2 aliphatic rings. The lowest BCUT2D eigenvalue weighted by atomic mass is 9.74. The third kappa shape index (κ3) is 1.58. The van der Waals surface area contributed by atoms with Crippen molar-refractivity contribution in [3.05, 3.63) is 11.1 Å². The highest BCUT2D eigenvalue weighted by atomic mass is 16.1. The Kier molecular flexibility index (Phi) is 1.69. The van der Waals surface area contributed by atoms with Gasteiger partial charge >= 0.3 is 0 Å². The van der Waals surface area contributed by atoms with Crippen LogP contribution in [0.5, 0.6) is 0 Å². The average molecular weight is 178 g/mol. The number of rotatable bonds is 0. The molecule has 70 valence electrons. The van der Waals surface area contributed by atoms with Gasteiger partial charge in [-0.1, -0.05) is 19.4 Å². The molecule has 13 heavy (non-hydrogen) atoms. The predicted octanol–water partition coefficient (Wildman–Crippen LogP) is 2.04. The van der Waals surface area contributed by atoms with Crippen LogP contribution >= 0.6 is 0 Å². The predicted molar refractivity (Wildman–Crippen MR) is 49.3 cm³/mol. The molecule has 0 N–H and O–H groups in total. The van der Waals surface area contributed by atoms with E-state index in [1.54, 1.807) is 0 Å². The molecule has 0 amide bonds. The molecule has 2 aliphatic carbocycles. The molecule has 0 spiro atoms. The minimum atomic E-state index is -0.118. The van der Waals surface area contributed by atoms with Gasteiger partial charge in [0, 0.05) is 12.8 Å². The molecule has 0 radical (unpaired) electrons. The van der Waals surface area contributed by atoms with E-state index in [1.807, 2.05) is 13.8 Å². The summed E-state index contributed by atoms with van der Waals surface area (Å²) in [6, 6.07) is 0. The van der Waals surface area contributed by atoms with Crippen molar-refractivity contribution in [2.24, 2.45) is 5.41 Å². The molecule has 2 saturated carbocycles. The molecule has 0 aromatic rings. The van der Waals surface area contributed by atoms with E-state index >= 15 is 0 Å². The van der Waals surface area contributed by atoms with E-state index in [-0.39, 0.29) is 17.0 Å². The van der Waals surface area contributed by atoms with Crippen molar-refractivity contribution >= 4 is 11.6 Å². The lowest BCUT2D eigenvalue weighted by Gasteiger charge is -2.28. The van der Waals surface area contributed by atoms with Gasteiger partial charge in [-0.15, -0.1) is 0 Å². The maximum atomic E-state index is 11.6. The van der Waals surface area contributed by atoms with Gasteiger partial charge in [0.1, 0.15) is 0 Å². The fraction of sp³-hybridized carbons (Fsp3) is 0.636. The normalized spacial score (nSPS) is 26.6. The minimum Gasteiger partial charge on any atom is -0.294 e. The van der Waals surface area contributed by atoms with Crippen LogP contribution in [0.15, 0.2) is 11.1 Å². The van der Waals surface area contributed by atoms with Crippen molar-refractivity contribution in [2.75, 3.05) is 0 Å². The molecule has 0 aliphatic heterocycles. The summed E-state index contributed by atoms with van der Waals surface area (Å²) in [5.74, 6) is 0.155. The van der Waals surface area contributed by atoms with Crippen molar-refractivity contribution in [1.29, 1.82) is 0 Å². The monoisotopic (exact) mass is 178 g/mol. The number of carbonyl (C=O) groups excluding carboxylic acids is 2. The van der Waals surface area contributed by atoms with Crippen molar-refractivity contribution < 1.29 is 9.59 Å². The van der Waals surface area contributed by atoms with Gasteiger partial charge in [-0.05, 0) is 18.3 Å².